The van der Waals surface area contributed by atoms with E-state index >= 15 is 0 Å². The molecule has 0 saturated carbocycles. The van der Waals surface area contributed by atoms with E-state index in [4.69, 9.17) is 5.73 Å². The molecule has 0 bridgehead atoms. The number of nitrogens with zero attached hydrogens (tertiary/aromatic N) is 3. The lowest BCUT2D eigenvalue weighted by atomic mass is 10.2. The fraction of sp³-hybridized carbons (Fsp3) is 0.0833. The first-order valence-electron chi connectivity index (χ1n) is 5.39. The molecule has 92 valence electrons. The molecule has 0 spiro atoms. The number of hydrazone groups is 1. The number of imidazole rings is 1. The van der Waals surface area contributed by atoms with Crippen LogP contribution in [0.15, 0.2) is 47.8 Å². The smallest absolute Gasteiger partial charge is 0.184 e. The average Bonchev–Trinajstić information content (AvgIpc) is 2.78. The van der Waals surface area contributed by atoms with Crippen LogP contribution >= 0.6 is 12.2 Å². The van der Waals surface area contributed by atoms with Gasteiger partial charge in [-0.25, -0.2) is 4.98 Å². The molecule has 0 radical (unpaired) electrons. The van der Waals surface area contributed by atoms with Crippen molar-refractivity contribution in [2.24, 2.45) is 10.8 Å². The standard InChI is InChI=1S/C12H13N5S/c13-12(18)16-15-8-11-14-6-7-17(11)9-10-4-2-1-3-5-10/h1-8H,9H2,(H3,13,16,18)/b15-8-. The molecular weight excluding hydrogens is 246 g/mol. The van der Waals surface area contributed by atoms with Crippen molar-refractivity contribution in [3.8, 4) is 0 Å². The molecule has 6 heteroatoms. The minimum Gasteiger partial charge on any atom is -0.375 e. The normalized spacial score (nSPS) is 10.7. The average molecular weight is 259 g/mol. The summed E-state index contributed by atoms with van der Waals surface area (Å²) in [6, 6.07) is 10.1. The Morgan fingerprint density at radius 1 is 1.44 bits per heavy atom. The van der Waals surface area contributed by atoms with Gasteiger partial charge in [-0.3, -0.25) is 5.43 Å². The SMILES string of the molecule is NC(=S)N/N=C\c1nccn1Cc1ccccc1. The number of thiocarbonyl (C=S) groups is 1. The van der Waals surface area contributed by atoms with Crippen molar-refractivity contribution in [1.29, 1.82) is 0 Å². The molecular formula is C12H13N5S. The van der Waals surface area contributed by atoms with Gasteiger partial charge in [0.25, 0.3) is 0 Å². The Kier molecular flexibility index (Phi) is 4.03. The second kappa shape index (κ2) is 5.92. The number of hydrogen-bond donors (Lipinski definition) is 2. The summed E-state index contributed by atoms with van der Waals surface area (Å²) in [5.41, 5.74) is 8.97. The molecule has 5 nitrogen and oxygen atoms in total. The van der Waals surface area contributed by atoms with Gasteiger partial charge in [0.05, 0.1) is 6.21 Å². The largest absolute Gasteiger partial charge is 0.375 e. The predicted octanol–water partition coefficient (Wildman–Crippen LogP) is 1.10. The lowest BCUT2D eigenvalue weighted by Crippen LogP contribution is -2.24. The Bertz CT molecular complexity index is 547. The van der Waals surface area contributed by atoms with Gasteiger partial charge in [-0.15, -0.1) is 0 Å². The molecule has 0 unspecified atom stereocenters. The third-order valence-electron chi connectivity index (χ3n) is 2.30. The predicted molar refractivity (Wildman–Crippen MR) is 75.3 cm³/mol. The second-order valence-electron chi connectivity index (χ2n) is 3.63. The maximum absolute atomic E-state index is 5.27. The summed E-state index contributed by atoms with van der Waals surface area (Å²) in [5, 5.41) is 4.02. The summed E-state index contributed by atoms with van der Waals surface area (Å²) < 4.78 is 1.99. The minimum absolute atomic E-state index is 0.132. The lowest BCUT2D eigenvalue weighted by Gasteiger charge is -2.04. The molecule has 0 amide bonds. The number of nitrogens with two attached hydrogens (primary N) is 1. The molecule has 0 saturated heterocycles. The van der Waals surface area contributed by atoms with Crippen LogP contribution < -0.4 is 11.2 Å². The van der Waals surface area contributed by atoms with Gasteiger partial charge in [-0.1, -0.05) is 30.3 Å². The van der Waals surface area contributed by atoms with Gasteiger partial charge in [-0.2, -0.15) is 5.10 Å². The van der Waals surface area contributed by atoms with Gasteiger partial charge in [0.2, 0.25) is 0 Å². The van der Waals surface area contributed by atoms with Crippen LogP contribution in [0.5, 0.6) is 0 Å². The number of benzene rings is 1. The number of aromatic nitrogens is 2. The van der Waals surface area contributed by atoms with Crippen LogP contribution in [0.1, 0.15) is 11.4 Å². The molecule has 1 heterocycles. The fourth-order valence-corrected chi connectivity index (χ4v) is 1.57. The van der Waals surface area contributed by atoms with Crippen LogP contribution in [0.3, 0.4) is 0 Å². The highest BCUT2D eigenvalue weighted by Crippen LogP contribution is 2.04. The van der Waals surface area contributed by atoms with Crippen molar-refractivity contribution in [3.63, 3.8) is 0 Å². The first-order valence-corrected chi connectivity index (χ1v) is 5.80. The lowest BCUT2D eigenvalue weighted by molar-refractivity contribution is 0.788. The highest BCUT2D eigenvalue weighted by atomic mass is 32.1. The topological polar surface area (TPSA) is 68.2 Å². The molecule has 0 atom stereocenters. The Balaban J connectivity index is 2.08. The van der Waals surface area contributed by atoms with Crippen LogP contribution in [0.4, 0.5) is 0 Å². The highest BCUT2D eigenvalue weighted by molar-refractivity contribution is 7.80. The Labute approximate surface area is 110 Å². The summed E-state index contributed by atoms with van der Waals surface area (Å²) in [5.74, 6) is 0.739. The Hall–Kier alpha value is -2.21. The van der Waals surface area contributed by atoms with E-state index in [0.717, 1.165) is 12.4 Å². The Morgan fingerprint density at radius 3 is 2.94 bits per heavy atom. The van der Waals surface area contributed by atoms with Crippen molar-refractivity contribution < 1.29 is 0 Å². The van der Waals surface area contributed by atoms with Crippen molar-refractivity contribution in [2.75, 3.05) is 0 Å². The van der Waals surface area contributed by atoms with Gasteiger partial charge < -0.3 is 10.3 Å². The zero-order valence-corrected chi connectivity index (χ0v) is 10.5. The maximum atomic E-state index is 5.27. The van der Waals surface area contributed by atoms with Crippen molar-refractivity contribution >= 4 is 23.5 Å². The van der Waals surface area contributed by atoms with E-state index in [0.29, 0.717) is 0 Å². The van der Waals surface area contributed by atoms with E-state index in [9.17, 15) is 0 Å². The van der Waals surface area contributed by atoms with Gasteiger partial charge >= 0.3 is 0 Å². The van der Waals surface area contributed by atoms with E-state index in [1.54, 1.807) is 12.4 Å². The quantitative estimate of drug-likeness (QED) is 0.490. The molecule has 3 N–H and O–H groups in total. The molecule has 0 aliphatic heterocycles. The Morgan fingerprint density at radius 2 is 2.22 bits per heavy atom. The molecule has 2 aromatic rings. The molecule has 2 rings (SSSR count). The molecule has 1 aromatic heterocycles. The van der Waals surface area contributed by atoms with Crippen molar-refractivity contribution in [1.82, 2.24) is 15.0 Å². The summed E-state index contributed by atoms with van der Waals surface area (Å²) in [7, 11) is 0. The number of rotatable bonds is 4. The zero-order chi connectivity index (χ0) is 12.8. The third-order valence-corrected chi connectivity index (χ3v) is 2.39. The summed E-state index contributed by atoms with van der Waals surface area (Å²) in [4.78, 5) is 4.20. The molecule has 0 aliphatic carbocycles. The van der Waals surface area contributed by atoms with Gasteiger partial charge in [0.1, 0.15) is 0 Å². The molecule has 18 heavy (non-hydrogen) atoms. The van der Waals surface area contributed by atoms with Gasteiger partial charge in [-0.05, 0) is 17.8 Å². The van der Waals surface area contributed by atoms with E-state index in [1.165, 1.54) is 5.56 Å². The first kappa shape index (κ1) is 12.3. The van der Waals surface area contributed by atoms with E-state index in [-0.39, 0.29) is 5.11 Å². The van der Waals surface area contributed by atoms with Crippen LogP contribution in [0.2, 0.25) is 0 Å². The maximum Gasteiger partial charge on any atom is 0.184 e. The monoisotopic (exact) mass is 259 g/mol. The van der Waals surface area contributed by atoms with Crippen molar-refractivity contribution in [3.05, 3.63) is 54.1 Å². The summed E-state index contributed by atoms with van der Waals surface area (Å²) >= 11 is 4.65. The van der Waals surface area contributed by atoms with Crippen molar-refractivity contribution in [2.45, 2.75) is 6.54 Å². The van der Waals surface area contributed by atoms with Gasteiger partial charge in [0, 0.05) is 18.9 Å². The van der Waals surface area contributed by atoms with Crippen LogP contribution in [-0.4, -0.2) is 20.9 Å². The number of nitrogens with one attached hydrogen (secondary N) is 1. The van der Waals surface area contributed by atoms with Gasteiger partial charge in [0.15, 0.2) is 10.9 Å². The van der Waals surface area contributed by atoms with E-state index in [1.807, 2.05) is 29.0 Å². The fourth-order valence-electron chi connectivity index (χ4n) is 1.52. The molecule has 1 aromatic carbocycles. The van der Waals surface area contributed by atoms with Crippen LogP contribution in [0.25, 0.3) is 0 Å². The minimum atomic E-state index is 0.132. The van der Waals surface area contributed by atoms with E-state index < -0.39 is 0 Å². The second-order valence-corrected chi connectivity index (χ2v) is 4.07. The van der Waals surface area contributed by atoms with Crippen LogP contribution in [0, 0.1) is 0 Å². The number of hydrogen-bond acceptors (Lipinski definition) is 3. The summed E-state index contributed by atoms with van der Waals surface area (Å²) in [6.45, 7) is 0.745. The highest BCUT2D eigenvalue weighted by Gasteiger charge is 2.00. The molecule has 0 fully saturated rings. The third kappa shape index (κ3) is 3.39. The first-order chi connectivity index (χ1) is 8.75. The van der Waals surface area contributed by atoms with E-state index in [2.05, 4.69) is 39.9 Å². The van der Waals surface area contributed by atoms with Crippen LogP contribution in [-0.2, 0) is 6.54 Å². The molecule has 0 aliphatic rings. The zero-order valence-electron chi connectivity index (χ0n) is 9.65. The summed E-state index contributed by atoms with van der Waals surface area (Å²) in [6.07, 6.45) is 5.21.